The summed E-state index contributed by atoms with van der Waals surface area (Å²) in [5.74, 6) is -0.805. The van der Waals surface area contributed by atoms with Crippen LogP contribution in [0.4, 0.5) is 14.6 Å². The monoisotopic (exact) mass is 546 g/mol. The average molecular weight is 547 g/mol. The molecule has 1 aromatic carbocycles. The van der Waals surface area contributed by atoms with Gasteiger partial charge < -0.3 is 15.0 Å². The Morgan fingerprint density at radius 1 is 1.12 bits per heavy atom. The van der Waals surface area contributed by atoms with Gasteiger partial charge in [0.05, 0.1) is 28.9 Å². The van der Waals surface area contributed by atoms with Crippen molar-refractivity contribution in [3.05, 3.63) is 69.9 Å². The Kier molecular flexibility index (Phi) is 6.95. The van der Waals surface area contributed by atoms with Crippen molar-refractivity contribution in [2.75, 3.05) is 31.1 Å². The van der Waals surface area contributed by atoms with Crippen molar-refractivity contribution in [1.29, 1.82) is 0 Å². The number of aromatic nitrogens is 4. The molecule has 10 heteroatoms. The summed E-state index contributed by atoms with van der Waals surface area (Å²) >= 11 is 0. The Hall–Kier alpha value is -3.92. The lowest BCUT2D eigenvalue weighted by Crippen LogP contribution is -2.50. The summed E-state index contributed by atoms with van der Waals surface area (Å²) in [5, 5.41) is 3.71. The highest BCUT2D eigenvalue weighted by Gasteiger charge is 2.28. The number of benzene rings is 1. The molecule has 0 amide bonds. The zero-order chi connectivity index (χ0) is 28.0. The fourth-order valence-electron chi connectivity index (χ4n) is 5.61. The van der Waals surface area contributed by atoms with E-state index in [1.165, 1.54) is 22.8 Å². The maximum absolute atomic E-state index is 16.0. The van der Waals surface area contributed by atoms with Crippen LogP contribution in [0.1, 0.15) is 50.8 Å². The van der Waals surface area contributed by atoms with E-state index in [1.54, 1.807) is 6.07 Å². The van der Waals surface area contributed by atoms with Gasteiger partial charge in [0.2, 0.25) is 0 Å². The van der Waals surface area contributed by atoms with Gasteiger partial charge in [-0.05, 0) is 61.9 Å². The first-order chi connectivity index (χ1) is 19.3. The zero-order valence-electron chi connectivity index (χ0n) is 22.9. The van der Waals surface area contributed by atoms with E-state index >= 15 is 8.78 Å². The molecule has 2 aliphatic rings. The van der Waals surface area contributed by atoms with E-state index in [-0.39, 0.29) is 34.6 Å². The second-order valence-electron chi connectivity index (χ2n) is 10.8. The van der Waals surface area contributed by atoms with Crippen LogP contribution in [0, 0.1) is 11.6 Å². The molecule has 1 atom stereocenters. The van der Waals surface area contributed by atoms with Crippen LogP contribution < -0.4 is 20.6 Å². The van der Waals surface area contributed by atoms with Crippen LogP contribution >= 0.6 is 0 Å². The molecule has 8 nitrogen and oxygen atoms in total. The first-order valence-corrected chi connectivity index (χ1v) is 13.8. The van der Waals surface area contributed by atoms with Crippen molar-refractivity contribution in [2.45, 2.75) is 52.0 Å². The molecule has 1 N–H and O–H groups in total. The molecular weight excluding hydrogens is 514 g/mol. The second-order valence-corrected chi connectivity index (χ2v) is 10.8. The Bertz CT molecular complexity index is 1650. The van der Waals surface area contributed by atoms with Gasteiger partial charge in [-0.15, -0.1) is 0 Å². The molecular formula is C30H32F2N6O2. The summed E-state index contributed by atoms with van der Waals surface area (Å²) in [6.07, 6.45) is 4.07. The zero-order valence-corrected chi connectivity index (χ0v) is 22.9. The second kappa shape index (κ2) is 10.6. The first kappa shape index (κ1) is 26.3. The van der Waals surface area contributed by atoms with Crippen LogP contribution in [0.15, 0.2) is 41.3 Å². The third-order valence-electron chi connectivity index (χ3n) is 7.65. The molecule has 4 aromatic rings. The Morgan fingerprint density at radius 3 is 2.77 bits per heavy atom. The molecule has 2 aliphatic heterocycles. The van der Waals surface area contributed by atoms with Crippen molar-refractivity contribution in [1.82, 2.24) is 24.8 Å². The molecule has 4 bridgehead atoms. The number of hydrogen-bond acceptors (Lipinski definition) is 7. The molecule has 1 fully saturated rings. The van der Waals surface area contributed by atoms with Crippen LogP contribution in [-0.4, -0.2) is 51.8 Å². The molecule has 0 radical (unpaired) electrons. The molecule has 0 aliphatic carbocycles. The number of anilines is 1. The lowest BCUT2D eigenvalue weighted by Gasteiger charge is -2.35. The highest BCUT2D eigenvalue weighted by molar-refractivity contribution is 5.91. The molecule has 0 saturated carbocycles. The lowest BCUT2D eigenvalue weighted by molar-refractivity contribution is 0.306. The van der Waals surface area contributed by atoms with Crippen molar-refractivity contribution in [3.63, 3.8) is 0 Å². The summed E-state index contributed by atoms with van der Waals surface area (Å²) in [6, 6.07) is 7.69. The number of ether oxygens (including phenoxy) is 1. The quantitative estimate of drug-likeness (QED) is 0.388. The topological polar surface area (TPSA) is 85.2 Å². The van der Waals surface area contributed by atoms with Gasteiger partial charge in [-0.3, -0.25) is 4.98 Å². The minimum atomic E-state index is -0.721. The summed E-state index contributed by atoms with van der Waals surface area (Å²) < 4.78 is 38.7. The third-order valence-corrected chi connectivity index (χ3v) is 7.65. The van der Waals surface area contributed by atoms with Gasteiger partial charge >= 0.3 is 5.69 Å². The predicted octanol–water partition coefficient (Wildman–Crippen LogP) is 4.76. The summed E-state index contributed by atoms with van der Waals surface area (Å²) in [5.41, 5.74) is 1.59. The number of fused-ring (bicyclic) bond motifs is 6. The summed E-state index contributed by atoms with van der Waals surface area (Å²) in [7, 11) is 0. The fourth-order valence-corrected chi connectivity index (χ4v) is 5.61. The van der Waals surface area contributed by atoms with Crippen molar-refractivity contribution in [2.24, 2.45) is 0 Å². The molecule has 0 spiro atoms. The average Bonchev–Trinajstić information content (AvgIpc) is 2.92. The number of hydrogen-bond donors (Lipinski definition) is 1. The van der Waals surface area contributed by atoms with Crippen LogP contribution in [-0.2, 0) is 6.42 Å². The lowest BCUT2D eigenvalue weighted by atomic mass is 10.0. The number of pyridine rings is 2. The Morgan fingerprint density at radius 2 is 1.98 bits per heavy atom. The highest BCUT2D eigenvalue weighted by Crippen LogP contribution is 2.37. The summed E-state index contributed by atoms with van der Waals surface area (Å²) in [6.45, 7) is 8.36. The van der Waals surface area contributed by atoms with Crippen LogP contribution in [0.3, 0.4) is 0 Å². The molecule has 5 heterocycles. The van der Waals surface area contributed by atoms with Crippen molar-refractivity contribution < 1.29 is 13.5 Å². The van der Waals surface area contributed by atoms with E-state index in [0.29, 0.717) is 55.2 Å². The Labute approximate surface area is 231 Å². The maximum atomic E-state index is 16.0. The standard InChI is InChI=1S/C30H32F2N6O2/c1-17(2)26-23-13-19(16-34-26)7-4-5-12-40-24-9-6-8-21(31)25(24)27-22(32)14-20-28(37-11-10-33-15-18(37)3)36-30(39)38(23)29(20)35-27/h6,8-9,13-14,16-18,33H,4-5,7,10-12,15H2,1-3H3/t18-/m0/s1. The smallest absolute Gasteiger partial charge is 0.355 e. The minimum absolute atomic E-state index is 0.00996. The molecule has 1 saturated heterocycles. The van der Waals surface area contributed by atoms with Gasteiger partial charge in [-0.25, -0.2) is 23.1 Å². The van der Waals surface area contributed by atoms with E-state index in [1.807, 2.05) is 37.9 Å². The van der Waals surface area contributed by atoms with E-state index in [9.17, 15) is 4.79 Å². The van der Waals surface area contributed by atoms with E-state index < -0.39 is 17.3 Å². The van der Waals surface area contributed by atoms with Gasteiger partial charge in [0.15, 0.2) is 11.5 Å². The molecule has 3 aromatic heterocycles. The van der Waals surface area contributed by atoms with Crippen molar-refractivity contribution >= 4 is 16.9 Å². The van der Waals surface area contributed by atoms with E-state index in [0.717, 1.165) is 18.4 Å². The number of nitrogens with one attached hydrogen (secondary N) is 1. The van der Waals surface area contributed by atoms with Gasteiger partial charge in [-0.2, -0.15) is 4.98 Å². The molecule has 208 valence electrons. The minimum Gasteiger partial charge on any atom is -0.493 e. The fraction of sp³-hybridized carbons (Fsp3) is 0.400. The first-order valence-electron chi connectivity index (χ1n) is 13.8. The number of aryl methyl sites for hydroxylation is 1. The van der Waals surface area contributed by atoms with E-state index in [4.69, 9.17) is 14.7 Å². The van der Waals surface area contributed by atoms with Gasteiger partial charge in [0.1, 0.15) is 23.1 Å². The van der Waals surface area contributed by atoms with Gasteiger partial charge in [0, 0.05) is 31.9 Å². The predicted molar refractivity (Wildman–Crippen MR) is 150 cm³/mol. The SMILES string of the molecule is CC(C)c1ncc2cc1-n1c(=O)nc(N3CCNC[C@@H]3C)c3cc(F)c(nc31)-c1c(F)cccc1OCCCC2. The maximum Gasteiger partial charge on any atom is 0.355 e. The number of nitrogens with zero attached hydrogens (tertiary/aromatic N) is 5. The largest absolute Gasteiger partial charge is 0.493 e. The normalized spacial score (nSPS) is 17.6. The Balaban J connectivity index is 1.74. The number of piperazine rings is 1. The van der Waals surface area contributed by atoms with Gasteiger partial charge in [-0.1, -0.05) is 19.9 Å². The third kappa shape index (κ3) is 4.60. The van der Waals surface area contributed by atoms with Crippen LogP contribution in [0.2, 0.25) is 0 Å². The summed E-state index contributed by atoms with van der Waals surface area (Å²) in [4.78, 5) is 29.9. The van der Waals surface area contributed by atoms with Crippen LogP contribution in [0.5, 0.6) is 5.75 Å². The van der Waals surface area contributed by atoms with E-state index in [2.05, 4.69) is 10.3 Å². The molecule has 6 rings (SSSR count). The highest BCUT2D eigenvalue weighted by atomic mass is 19.1. The molecule has 0 unspecified atom stereocenters. The van der Waals surface area contributed by atoms with Crippen LogP contribution in [0.25, 0.3) is 28.0 Å². The number of halogens is 2. The number of rotatable bonds is 2. The van der Waals surface area contributed by atoms with Crippen molar-refractivity contribution in [3.8, 4) is 22.7 Å². The molecule has 40 heavy (non-hydrogen) atoms. The van der Waals surface area contributed by atoms with Gasteiger partial charge in [0.25, 0.3) is 0 Å².